The van der Waals surface area contributed by atoms with Gasteiger partial charge in [-0.2, -0.15) is 0 Å². The van der Waals surface area contributed by atoms with E-state index >= 15 is 0 Å². The lowest BCUT2D eigenvalue weighted by atomic mass is 9.62. The van der Waals surface area contributed by atoms with Gasteiger partial charge in [0.25, 0.3) is 5.56 Å². The van der Waals surface area contributed by atoms with Crippen molar-refractivity contribution >= 4 is 17.5 Å². The standard InChI is InChI=1S/C30H28N4O2S/c35-27-25-26(24-14-6-5-12-22(24)18-30(25)15-7-2-8-16-30)34-28(33(27)19-23-13-9-17-36-23)31-32-29(34)37-20-21-10-3-1-4-11-21/h1,3-6,9-14,17H,2,7-8,15-16,18-20H2. The van der Waals surface area contributed by atoms with Crippen molar-refractivity contribution in [2.24, 2.45) is 0 Å². The van der Waals surface area contributed by atoms with Crippen molar-refractivity contribution in [1.29, 1.82) is 0 Å². The molecule has 1 spiro atoms. The summed E-state index contributed by atoms with van der Waals surface area (Å²) in [7, 11) is 0. The van der Waals surface area contributed by atoms with Gasteiger partial charge in [0.05, 0.1) is 18.5 Å². The lowest BCUT2D eigenvalue weighted by Gasteiger charge is -2.42. The Balaban J connectivity index is 1.50. The summed E-state index contributed by atoms with van der Waals surface area (Å²) in [5.41, 5.74) is 5.47. The monoisotopic (exact) mass is 508 g/mol. The second kappa shape index (κ2) is 9.06. The molecule has 3 aromatic heterocycles. The first-order valence-corrected chi connectivity index (χ1v) is 14.0. The minimum Gasteiger partial charge on any atom is -0.467 e. The Kier molecular flexibility index (Phi) is 5.54. The van der Waals surface area contributed by atoms with Crippen LogP contribution in [-0.4, -0.2) is 19.2 Å². The zero-order valence-corrected chi connectivity index (χ0v) is 21.4. The molecule has 7 rings (SSSR count). The molecular formula is C30H28N4O2S. The number of furan rings is 1. The van der Waals surface area contributed by atoms with Gasteiger partial charge in [0.2, 0.25) is 5.78 Å². The lowest BCUT2D eigenvalue weighted by molar-refractivity contribution is 0.283. The van der Waals surface area contributed by atoms with Crippen LogP contribution in [0.25, 0.3) is 17.0 Å². The zero-order valence-electron chi connectivity index (χ0n) is 20.6. The summed E-state index contributed by atoms with van der Waals surface area (Å²) in [5.74, 6) is 2.08. The SMILES string of the molecule is O=c1c2c(n3c(SCc4ccccc4)nnc3n1Cc1ccco1)-c1ccccc1CC21CCCCC1. The van der Waals surface area contributed by atoms with Gasteiger partial charge in [-0.3, -0.25) is 13.8 Å². The van der Waals surface area contributed by atoms with E-state index in [1.54, 1.807) is 22.6 Å². The van der Waals surface area contributed by atoms with E-state index in [0.717, 1.165) is 65.6 Å². The first-order valence-electron chi connectivity index (χ1n) is 13.0. The number of nitrogens with zero attached hydrogens (tertiary/aromatic N) is 4. The van der Waals surface area contributed by atoms with Crippen LogP contribution in [0.15, 0.2) is 87.4 Å². The van der Waals surface area contributed by atoms with Crippen molar-refractivity contribution < 1.29 is 4.42 Å². The predicted molar refractivity (Wildman–Crippen MR) is 145 cm³/mol. The average molecular weight is 509 g/mol. The maximum atomic E-state index is 14.5. The van der Waals surface area contributed by atoms with Crippen LogP contribution in [0, 0.1) is 0 Å². The minimum absolute atomic E-state index is 0.0438. The third kappa shape index (κ3) is 3.75. The fourth-order valence-corrected chi connectivity index (χ4v) is 7.22. The van der Waals surface area contributed by atoms with Crippen molar-refractivity contribution in [3.8, 4) is 11.3 Å². The predicted octanol–water partition coefficient (Wildman–Crippen LogP) is 6.25. The highest BCUT2D eigenvalue weighted by Crippen LogP contribution is 2.49. The third-order valence-corrected chi connectivity index (χ3v) is 9.02. The number of aromatic nitrogens is 4. The first kappa shape index (κ1) is 22.6. The average Bonchev–Trinajstić information content (AvgIpc) is 3.60. The lowest BCUT2D eigenvalue weighted by Crippen LogP contribution is -2.43. The van der Waals surface area contributed by atoms with Crippen LogP contribution in [0.3, 0.4) is 0 Å². The smallest absolute Gasteiger partial charge is 0.259 e. The molecule has 2 aromatic carbocycles. The normalized spacial score (nSPS) is 16.1. The molecule has 5 aromatic rings. The van der Waals surface area contributed by atoms with E-state index in [4.69, 9.17) is 4.42 Å². The second-order valence-corrected chi connectivity index (χ2v) is 11.2. The van der Waals surface area contributed by atoms with Crippen LogP contribution in [0.1, 0.15) is 54.6 Å². The number of benzene rings is 2. The molecular weight excluding hydrogens is 480 g/mol. The van der Waals surface area contributed by atoms with Crippen molar-refractivity contribution in [2.75, 3.05) is 0 Å². The molecule has 0 atom stereocenters. The summed E-state index contributed by atoms with van der Waals surface area (Å²) in [4.78, 5) is 14.5. The molecule has 7 heteroatoms. The summed E-state index contributed by atoms with van der Waals surface area (Å²) >= 11 is 1.67. The molecule has 2 aliphatic rings. The molecule has 0 aliphatic heterocycles. The Morgan fingerprint density at radius 3 is 2.54 bits per heavy atom. The van der Waals surface area contributed by atoms with Crippen molar-refractivity contribution in [3.05, 3.63) is 106 Å². The molecule has 1 saturated carbocycles. The number of fused-ring (bicyclic) bond motifs is 6. The van der Waals surface area contributed by atoms with Crippen LogP contribution >= 0.6 is 11.8 Å². The Labute approximate surface area is 219 Å². The fourth-order valence-electron chi connectivity index (χ4n) is 6.34. The van der Waals surface area contributed by atoms with Gasteiger partial charge in [-0.15, -0.1) is 10.2 Å². The number of rotatable bonds is 5. The zero-order chi connectivity index (χ0) is 24.8. The van der Waals surface area contributed by atoms with Gasteiger partial charge in [0, 0.05) is 22.3 Å². The second-order valence-electron chi connectivity index (χ2n) is 10.3. The van der Waals surface area contributed by atoms with Crippen molar-refractivity contribution in [3.63, 3.8) is 0 Å². The van der Waals surface area contributed by atoms with E-state index in [0.29, 0.717) is 12.3 Å². The van der Waals surface area contributed by atoms with E-state index in [1.165, 1.54) is 17.5 Å². The van der Waals surface area contributed by atoms with Gasteiger partial charge < -0.3 is 4.42 Å². The van der Waals surface area contributed by atoms with Crippen molar-refractivity contribution in [2.45, 2.75) is 61.4 Å². The fraction of sp³-hybridized carbons (Fsp3) is 0.300. The quantitative estimate of drug-likeness (QED) is 0.263. The summed E-state index contributed by atoms with van der Waals surface area (Å²) in [6, 6.07) is 22.8. The minimum atomic E-state index is -0.163. The summed E-state index contributed by atoms with van der Waals surface area (Å²) in [6.07, 6.45) is 8.15. The van der Waals surface area contributed by atoms with Gasteiger partial charge >= 0.3 is 0 Å². The molecule has 0 bridgehead atoms. The van der Waals surface area contributed by atoms with Crippen LogP contribution in [-0.2, 0) is 24.1 Å². The molecule has 6 nitrogen and oxygen atoms in total. The van der Waals surface area contributed by atoms with Crippen molar-refractivity contribution in [1.82, 2.24) is 19.2 Å². The molecule has 0 N–H and O–H groups in total. The summed E-state index contributed by atoms with van der Waals surface area (Å²) < 4.78 is 9.60. The molecule has 0 radical (unpaired) electrons. The highest BCUT2D eigenvalue weighted by atomic mass is 32.2. The van der Waals surface area contributed by atoms with Gasteiger partial charge in [0.15, 0.2) is 5.16 Å². The van der Waals surface area contributed by atoms with Gasteiger partial charge in [-0.25, -0.2) is 0 Å². The third-order valence-electron chi connectivity index (χ3n) is 8.02. The largest absolute Gasteiger partial charge is 0.467 e. The molecule has 186 valence electrons. The van der Waals surface area contributed by atoms with E-state index in [9.17, 15) is 4.79 Å². The number of hydrogen-bond donors (Lipinski definition) is 0. The molecule has 1 fully saturated rings. The summed E-state index contributed by atoms with van der Waals surface area (Å²) in [6.45, 7) is 0.335. The van der Waals surface area contributed by atoms with Gasteiger partial charge in [0.1, 0.15) is 5.76 Å². The first-order chi connectivity index (χ1) is 18.2. The Morgan fingerprint density at radius 2 is 1.73 bits per heavy atom. The Bertz CT molecular complexity index is 1630. The molecule has 2 aliphatic carbocycles. The maximum absolute atomic E-state index is 14.5. The Hall–Kier alpha value is -3.58. The van der Waals surface area contributed by atoms with Crippen LogP contribution in [0.5, 0.6) is 0 Å². The van der Waals surface area contributed by atoms with E-state index < -0.39 is 0 Å². The molecule has 37 heavy (non-hydrogen) atoms. The van der Waals surface area contributed by atoms with Gasteiger partial charge in [-0.05, 0) is 42.5 Å². The van der Waals surface area contributed by atoms with Crippen LogP contribution < -0.4 is 5.56 Å². The molecule has 0 amide bonds. The molecule has 0 unspecified atom stereocenters. The highest BCUT2D eigenvalue weighted by Gasteiger charge is 2.44. The molecule has 0 saturated heterocycles. The maximum Gasteiger partial charge on any atom is 0.259 e. The number of thioether (sulfide) groups is 1. The topological polar surface area (TPSA) is 65.3 Å². The van der Waals surface area contributed by atoms with E-state index in [-0.39, 0.29) is 11.0 Å². The van der Waals surface area contributed by atoms with Crippen LogP contribution in [0.4, 0.5) is 0 Å². The molecule has 3 heterocycles. The van der Waals surface area contributed by atoms with E-state index in [2.05, 4.69) is 63.1 Å². The van der Waals surface area contributed by atoms with Crippen LogP contribution in [0.2, 0.25) is 0 Å². The number of hydrogen-bond acceptors (Lipinski definition) is 5. The highest BCUT2D eigenvalue weighted by molar-refractivity contribution is 7.98. The Morgan fingerprint density at radius 1 is 0.919 bits per heavy atom. The summed E-state index contributed by atoms with van der Waals surface area (Å²) in [5, 5.41) is 10.1. The van der Waals surface area contributed by atoms with E-state index in [1.807, 2.05) is 18.2 Å². The van der Waals surface area contributed by atoms with Gasteiger partial charge in [-0.1, -0.05) is 85.6 Å².